The van der Waals surface area contributed by atoms with E-state index >= 15 is 0 Å². The summed E-state index contributed by atoms with van der Waals surface area (Å²) in [5, 5.41) is 1.19. The maximum atomic E-state index is 4.80. The molecule has 156 valence electrons. The normalized spacial score (nSPS) is 13.8. The molecule has 4 rings (SSSR count). The number of fused-ring (bicyclic) bond motifs is 1. The highest BCUT2D eigenvalue weighted by atomic mass is 15.2. The van der Waals surface area contributed by atoms with Crippen LogP contribution in [0.1, 0.15) is 46.5 Å². The van der Waals surface area contributed by atoms with Crippen molar-refractivity contribution in [3.05, 3.63) is 72.7 Å². The van der Waals surface area contributed by atoms with Gasteiger partial charge in [-0.2, -0.15) is 0 Å². The zero-order chi connectivity index (χ0) is 20.9. The van der Waals surface area contributed by atoms with Gasteiger partial charge >= 0.3 is 0 Å². The van der Waals surface area contributed by atoms with Crippen molar-refractivity contribution in [3.63, 3.8) is 0 Å². The maximum absolute atomic E-state index is 4.80. The summed E-state index contributed by atoms with van der Waals surface area (Å²) in [5.74, 6) is 1.03. The van der Waals surface area contributed by atoms with Gasteiger partial charge in [-0.25, -0.2) is 9.97 Å². The van der Waals surface area contributed by atoms with Crippen LogP contribution in [-0.4, -0.2) is 28.0 Å². The zero-order valence-electron chi connectivity index (χ0n) is 18.0. The zero-order valence-corrected chi connectivity index (χ0v) is 18.0. The van der Waals surface area contributed by atoms with Crippen LogP contribution in [0.3, 0.4) is 0 Å². The van der Waals surface area contributed by atoms with Gasteiger partial charge in [-0.1, -0.05) is 25.2 Å². The van der Waals surface area contributed by atoms with Crippen LogP contribution >= 0.6 is 0 Å². The van der Waals surface area contributed by atoms with Crippen molar-refractivity contribution in [2.24, 2.45) is 0 Å². The first-order chi connectivity index (χ1) is 14.7. The molecule has 0 spiro atoms. The predicted molar refractivity (Wildman–Crippen MR) is 130 cm³/mol. The van der Waals surface area contributed by atoms with Gasteiger partial charge in [0, 0.05) is 49.6 Å². The van der Waals surface area contributed by atoms with E-state index in [1.54, 1.807) is 0 Å². The van der Waals surface area contributed by atoms with Gasteiger partial charge in [0.05, 0.1) is 0 Å². The lowest BCUT2D eigenvalue weighted by atomic mass is 9.89. The van der Waals surface area contributed by atoms with Crippen molar-refractivity contribution in [1.82, 2.24) is 15.0 Å². The molecule has 4 nitrogen and oxygen atoms in total. The molecule has 0 bridgehead atoms. The Kier molecular flexibility index (Phi) is 6.12. The molecular weight excluding hydrogens is 368 g/mol. The topological polar surface area (TPSA) is 44.8 Å². The average molecular weight is 401 g/mol. The van der Waals surface area contributed by atoms with Crippen LogP contribution in [0.4, 0.5) is 5.82 Å². The molecule has 0 atom stereocenters. The number of aromatic nitrogens is 3. The largest absolute Gasteiger partial charge is 0.356 e. The van der Waals surface area contributed by atoms with Crippen LogP contribution in [0.15, 0.2) is 67.2 Å². The average Bonchev–Trinajstić information content (AvgIpc) is 3.21. The van der Waals surface area contributed by atoms with Gasteiger partial charge in [0.15, 0.2) is 0 Å². The molecule has 3 aromatic heterocycles. The van der Waals surface area contributed by atoms with Gasteiger partial charge in [-0.15, -0.1) is 6.58 Å². The second-order valence-corrected chi connectivity index (χ2v) is 7.83. The molecule has 1 aliphatic rings. The Morgan fingerprint density at radius 2 is 2.07 bits per heavy atom. The summed E-state index contributed by atoms with van der Waals surface area (Å²) in [7, 11) is 0. The summed E-state index contributed by atoms with van der Waals surface area (Å²) >= 11 is 0. The number of allylic oxidation sites excluding steroid dienone is 4. The van der Waals surface area contributed by atoms with E-state index < -0.39 is 0 Å². The summed E-state index contributed by atoms with van der Waals surface area (Å²) in [6.07, 6.45) is 16.5. The standard InChI is InChI=1S/C26H30N4.H2/c1-4-6-17-30(16-5-2)26-22(12-9-14-28-26)23-18-29-25-24(23)21(13-15-27-25)20-11-8-7-10-19(20)3;/h4,7,9-10,12-15,18H,1,5-6,8,11,16-17H2,2-3H3,(H,27,29);1H. The SMILES string of the molecule is C=CCCN(CCC)c1ncccc1-c1c[nH]c2nccc(C3=C(C)C=CCC3)c12.[HH]. The first-order valence-electron chi connectivity index (χ1n) is 10.9. The van der Waals surface area contributed by atoms with Gasteiger partial charge in [0.25, 0.3) is 0 Å². The summed E-state index contributed by atoms with van der Waals surface area (Å²) < 4.78 is 0. The van der Waals surface area contributed by atoms with Crippen LogP contribution in [0.5, 0.6) is 0 Å². The minimum absolute atomic E-state index is 0. The molecule has 4 heteroatoms. The highest BCUT2D eigenvalue weighted by Crippen LogP contribution is 2.40. The fraction of sp³-hybridized carbons (Fsp3) is 0.308. The molecule has 0 aliphatic heterocycles. The van der Waals surface area contributed by atoms with E-state index in [0.29, 0.717) is 0 Å². The van der Waals surface area contributed by atoms with Crippen LogP contribution < -0.4 is 4.90 Å². The number of hydrogen-bond acceptors (Lipinski definition) is 3. The Hall–Kier alpha value is -3.14. The maximum Gasteiger partial charge on any atom is 0.138 e. The van der Waals surface area contributed by atoms with E-state index in [4.69, 9.17) is 4.98 Å². The molecule has 1 aliphatic carbocycles. The molecule has 0 saturated carbocycles. The van der Waals surface area contributed by atoms with Gasteiger partial charge in [-0.05, 0) is 67.5 Å². The van der Waals surface area contributed by atoms with Crippen molar-refractivity contribution < 1.29 is 1.43 Å². The van der Waals surface area contributed by atoms with Gasteiger partial charge in [-0.3, -0.25) is 0 Å². The number of H-pyrrole nitrogens is 1. The molecule has 0 unspecified atom stereocenters. The van der Waals surface area contributed by atoms with Gasteiger partial charge in [0.2, 0.25) is 0 Å². The molecule has 0 aromatic carbocycles. The third kappa shape index (κ3) is 3.82. The molecule has 3 aromatic rings. The van der Waals surface area contributed by atoms with E-state index in [2.05, 4.69) is 65.8 Å². The Bertz CT molecular complexity index is 1110. The molecule has 0 saturated heterocycles. The summed E-state index contributed by atoms with van der Waals surface area (Å²) in [6, 6.07) is 6.37. The smallest absolute Gasteiger partial charge is 0.138 e. The number of anilines is 1. The lowest BCUT2D eigenvalue weighted by Gasteiger charge is -2.25. The summed E-state index contributed by atoms with van der Waals surface area (Å²) in [4.78, 5) is 15.2. The molecule has 0 amide bonds. The summed E-state index contributed by atoms with van der Waals surface area (Å²) in [6.45, 7) is 10.2. The van der Waals surface area contributed by atoms with E-state index in [-0.39, 0.29) is 1.43 Å². The highest BCUT2D eigenvalue weighted by Gasteiger charge is 2.20. The number of pyridine rings is 2. The quantitative estimate of drug-likeness (QED) is 0.424. The van der Waals surface area contributed by atoms with Crippen LogP contribution in [-0.2, 0) is 0 Å². The number of nitrogens with one attached hydrogen (secondary N) is 1. The molecule has 0 fully saturated rings. The van der Waals surface area contributed by atoms with Crippen molar-refractivity contribution in [1.29, 1.82) is 0 Å². The highest BCUT2D eigenvalue weighted by molar-refractivity contribution is 6.03. The molecule has 1 N–H and O–H groups in total. The first kappa shape index (κ1) is 20.1. The Balaban J connectivity index is 0.00000272. The second-order valence-electron chi connectivity index (χ2n) is 7.83. The van der Waals surface area contributed by atoms with Crippen molar-refractivity contribution in [2.75, 3.05) is 18.0 Å². The fourth-order valence-electron chi connectivity index (χ4n) is 4.35. The molecule has 30 heavy (non-hydrogen) atoms. The minimum atomic E-state index is 0. The first-order valence-corrected chi connectivity index (χ1v) is 10.9. The Morgan fingerprint density at radius 3 is 2.87 bits per heavy atom. The minimum Gasteiger partial charge on any atom is -0.356 e. The Morgan fingerprint density at radius 1 is 1.17 bits per heavy atom. The van der Waals surface area contributed by atoms with E-state index in [0.717, 1.165) is 55.8 Å². The van der Waals surface area contributed by atoms with Crippen LogP contribution in [0, 0.1) is 0 Å². The van der Waals surface area contributed by atoms with Crippen LogP contribution in [0.2, 0.25) is 0 Å². The number of aromatic amines is 1. The lowest BCUT2D eigenvalue weighted by molar-refractivity contribution is 0.754. The summed E-state index contributed by atoms with van der Waals surface area (Å²) in [5.41, 5.74) is 7.28. The second kappa shape index (κ2) is 9.12. The number of hydrogen-bond donors (Lipinski definition) is 1. The lowest BCUT2D eigenvalue weighted by Crippen LogP contribution is -2.26. The third-order valence-electron chi connectivity index (χ3n) is 5.78. The monoisotopic (exact) mass is 400 g/mol. The van der Waals surface area contributed by atoms with Gasteiger partial charge in [0.1, 0.15) is 11.5 Å². The number of nitrogens with zero attached hydrogens (tertiary/aromatic N) is 3. The van der Waals surface area contributed by atoms with Crippen molar-refractivity contribution in [2.45, 2.75) is 39.5 Å². The molecular formula is C26H32N4. The fourth-order valence-corrected chi connectivity index (χ4v) is 4.35. The molecule has 3 heterocycles. The van der Waals surface area contributed by atoms with E-state index in [1.807, 2.05) is 24.5 Å². The van der Waals surface area contributed by atoms with E-state index in [9.17, 15) is 0 Å². The third-order valence-corrected chi connectivity index (χ3v) is 5.78. The van der Waals surface area contributed by atoms with Crippen molar-refractivity contribution in [3.8, 4) is 11.1 Å². The van der Waals surface area contributed by atoms with Gasteiger partial charge < -0.3 is 9.88 Å². The molecule has 0 radical (unpaired) electrons. The number of rotatable bonds is 8. The van der Waals surface area contributed by atoms with E-state index in [1.165, 1.54) is 27.7 Å². The van der Waals surface area contributed by atoms with Crippen LogP contribution in [0.25, 0.3) is 27.7 Å². The predicted octanol–water partition coefficient (Wildman–Crippen LogP) is 6.79. The Labute approximate surface area is 180 Å². The van der Waals surface area contributed by atoms with Crippen molar-refractivity contribution >= 4 is 22.4 Å².